The number of aromatic nitrogens is 2. The van der Waals surface area contributed by atoms with Crippen LogP contribution < -0.4 is 5.56 Å². The first-order chi connectivity index (χ1) is 11.3. The van der Waals surface area contributed by atoms with Crippen LogP contribution in [0.5, 0.6) is 0 Å². The molecule has 0 fully saturated rings. The number of hydrogen-bond acceptors (Lipinski definition) is 5. The van der Waals surface area contributed by atoms with Crippen molar-refractivity contribution in [2.75, 3.05) is 6.54 Å². The maximum Gasteiger partial charge on any atom is 0.287 e. The molecular weight excluding hydrogens is 377 g/mol. The Balaban J connectivity index is 1.76. The lowest BCUT2D eigenvalue weighted by atomic mass is 10.2. The summed E-state index contributed by atoms with van der Waals surface area (Å²) in [6, 6.07) is 6.04. The molecule has 0 N–H and O–H groups in total. The predicted octanol–water partition coefficient (Wildman–Crippen LogP) is 1.78. The summed E-state index contributed by atoms with van der Waals surface area (Å²) in [5.41, 5.74) is -0.412. The van der Waals surface area contributed by atoms with Gasteiger partial charge in [0, 0.05) is 13.1 Å². The van der Waals surface area contributed by atoms with Crippen LogP contribution in [0.1, 0.15) is 16.8 Å². The van der Waals surface area contributed by atoms with Crippen molar-refractivity contribution >= 4 is 39.1 Å². The van der Waals surface area contributed by atoms with Crippen molar-refractivity contribution in [2.45, 2.75) is 17.9 Å². The van der Waals surface area contributed by atoms with Gasteiger partial charge in [-0.15, -0.1) is 0 Å². The molecule has 1 aromatic heterocycles. The molecule has 2 aromatic rings. The summed E-state index contributed by atoms with van der Waals surface area (Å²) < 4.78 is 26.7. The molecule has 10 heteroatoms. The van der Waals surface area contributed by atoms with Gasteiger partial charge in [-0.2, -0.15) is 5.10 Å². The molecule has 126 valence electrons. The number of rotatable bonds is 4. The Morgan fingerprint density at radius 3 is 2.50 bits per heavy atom. The van der Waals surface area contributed by atoms with Gasteiger partial charge >= 0.3 is 0 Å². The Bertz CT molecular complexity index is 988. The second-order valence-corrected chi connectivity index (χ2v) is 7.68. The largest absolute Gasteiger partial charge is 0.287 e. The molecule has 0 saturated heterocycles. The second-order valence-electron chi connectivity index (χ2n) is 5.07. The molecular formula is C14H11Cl2N3O4S. The van der Waals surface area contributed by atoms with Crippen LogP contribution in [0.3, 0.4) is 0 Å². The molecule has 3 rings (SSSR count). The number of hydrogen-bond donors (Lipinski definition) is 0. The van der Waals surface area contributed by atoms with Crippen molar-refractivity contribution in [1.82, 2.24) is 14.1 Å². The summed E-state index contributed by atoms with van der Waals surface area (Å²) in [7, 11) is -3.85. The summed E-state index contributed by atoms with van der Waals surface area (Å²) in [6.07, 6.45) is 1.45. The minimum absolute atomic E-state index is 0.000158. The average molecular weight is 388 g/mol. The third-order valence-electron chi connectivity index (χ3n) is 3.59. The minimum atomic E-state index is -3.85. The van der Waals surface area contributed by atoms with Crippen LogP contribution in [0.15, 0.2) is 40.2 Å². The number of benzene rings is 1. The first-order valence-corrected chi connectivity index (χ1v) is 9.11. The number of nitrogens with zero attached hydrogens (tertiary/aromatic N) is 3. The Hall–Kier alpha value is -1.90. The van der Waals surface area contributed by atoms with Gasteiger partial charge in [-0.05, 0) is 18.6 Å². The molecule has 7 nitrogen and oxygen atoms in total. The first-order valence-electron chi connectivity index (χ1n) is 6.91. The number of carbonyl (C=O) groups is 1. The van der Waals surface area contributed by atoms with E-state index in [4.69, 9.17) is 23.2 Å². The summed E-state index contributed by atoms with van der Waals surface area (Å²) in [5, 5.41) is 3.73. The topological polar surface area (TPSA) is 89.3 Å². The molecule has 0 radical (unpaired) electrons. The molecule has 1 aliphatic heterocycles. The van der Waals surface area contributed by atoms with Crippen molar-refractivity contribution in [3.05, 3.63) is 56.4 Å². The number of aryl methyl sites for hydroxylation is 1. The van der Waals surface area contributed by atoms with Crippen LogP contribution in [-0.2, 0) is 16.6 Å². The SMILES string of the molecule is O=C1c2ccccc2S(=O)(=O)N1CCCn1ncc(Cl)c(Cl)c1=O. The van der Waals surface area contributed by atoms with Gasteiger partial charge in [-0.1, -0.05) is 35.3 Å². The van der Waals surface area contributed by atoms with Crippen molar-refractivity contribution < 1.29 is 13.2 Å². The van der Waals surface area contributed by atoms with Crippen LogP contribution in [0.4, 0.5) is 0 Å². The van der Waals surface area contributed by atoms with E-state index in [1.165, 1.54) is 18.3 Å². The van der Waals surface area contributed by atoms with Crippen LogP contribution in [0.25, 0.3) is 0 Å². The van der Waals surface area contributed by atoms with Crippen LogP contribution >= 0.6 is 23.2 Å². The fraction of sp³-hybridized carbons (Fsp3) is 0.214. The van der Waals surface area contributed by atoms with Crippen LogP contribution in [-0.4, -0.2) is 35.0 Å². The standard InChI is InChI=1S/C14H11Cl2N3O4S/c15-10-8-17-18(14(21)12(10)16)6-3-7-19-13(20)9-4-1-2-5-11(9)24(19,22)23/h1-2,4-5,8H,3,6-7H2. The van der Waals surface area contributed by atoms with E-state index in [-0.39, 0.29) is 40.0 Å². The zero-order valence-corrected chi connectivity index (χ0v) is 14.5. The van der Waals surface area contributed by atoms with Gasteiger partial charge in [0.2, 0.25) is 0 Å². The van der Waals surface area contributed by atoms with Crippen molar-refractivity contribution in [3.8, 4) is 0 Å². The van der Waals surface area contributed by atoms with E-state index in [0.29, 0.717) is 0 Å². The highest BCUT2D eigenvalue weighted by molar-refractivity contribution is 7.90. The molecule has 0 unspecified atom stereocenters. The molecule has 1 aliphatic rings. The molecule has 1 amide bonds. The number of amides is 1. The number of fused-ring (bicyclic) bond motifs is 1. The van der Waals surface area contributed by atoms with E-state index in [1.54, 1.807) is 12.1 Å². The van der Waals surface area contributed by atoms with Crippen molar-refractivity contribution in [3.63, 3.8) is 0 Å². The normalized spacial score (nSPS) is 15.6. The summed E-state index contributed by atoms with van der Waals surface area (Å²) in [4.78, 5) is 24.1. The van der Waals surface area contributed by atoms with Gasteiger partial charge in [-0.25, -0.2) is 17.4 Å². The smallest absolute Gasteiger partial charge is 0.268 e. The zero-order valence-electron chi connectivity index (χ0n) is 12.1. The summed E-state index contributed by atoms with van der Waals surface area (Å²) in [5.74, 6) is -0.569. The zero-order chi connectivity index (χ0) is 17.5. The Morgan fingerprint density at radius 2 is 1.79 bits per heavy atom. The second kappa shape index (κ2) is 6.19. The lowest BCUT2D eigenvalue weighted by molar-refractivity contribution is 0.0868. The van der Waals surface area contributed by atoms with Crippen LogP contribution in [0, 0.1) is 0 Å². The van der Waals surface area contributed by atoms with E-state index in [9.17, 15) is 18.0 Å². The molecule has 0 aliphatic carbocycles. The van der Waals surface area contributed by atoms with E-state index in [0.717, 1.165) is 8.99 Å². The summed E-state index contributed by atoms with van der Waals surface area (Å²) >= 11 is 11.4. The molecule has 1 aromatic carbocycles. The number of sulfonamides is 1. The lowest BCUT2D eigenvalue weighted by Crippen LogP contribution is -2.32. The first kappa shape index (κ1) is 16.9. The molecule has 0 saturated carbocycles. The van der Waals surface area contributed by atoms with Crippen molar-refractivity contribution in [2.24, 2.45) is 0 Å². The molecule has 0 atom stereocenters. The van der Waals surface area contributed by atoms with Gasteiger partial charge < -0.3 is 0 Å². The fourth-order valence-corrected chi connectivity index (χ4v) is 4.30. The molecule has 2 heterocycles. The highest BCUT2D eigenvalue weighted by atomic mass is 35.5. The third-order valence-corrected chi connectivity index (χ3v) is 6.17. The minimum Gasteiger partial charge on any atom is -0.268 e. The maximum atomic E-state index is 12.4. The van der Waals surface area contributed by atoms with E-state index >= 15 is 0 Å². The quantitative estimate of drug-likeness (QED) is 0.797. The monoisotopic (exact) mass is 387 g/mol. The van der Waals surface area contributed by atoms with Gasteiger partial charge in [0.05, 0.1) is 16.8 Å². The van der Waals surface area contributed by atoms with E-state index < -0.39 is 21.5 Å². The van der Waals surface area contributed by atoms with Gasteiger partial charge in [0.25, 0.3) is 21.5 Å². The third kappa shape index (κ3) is 2.70. The van der Waals surface area contributed by atoms with Gasteiger partial charge in [-0.3, -0.25) is 9.59 Å². The highest BCUT2D eigenvalue weighted by Gasteiger charge is 2.40. The number of halogens is 2. The van der Waals surface area contributed by atoms with E-state index in [2.05, 4.69) is 5.10 Å². The average Bonchev–Trinajstić information content (AvgIpc) is 2.76. The highest BCUT2D eigenvalue weighted by Crippen LogP contribution is 2.29. The van der Waals surface area contributed by atoms with Gasteiger partial charge in [0.15, 0.2) is 0 Å². The molecule has 0 bridgehead atoms. The van der Waals surface area contributed by atoms with E-state index in [1.807, 2.05) is 0 Å². The van der Waals surface area contributed by atoms with Crippen molar-refractivity contribution in [1.29, 1.82) is 0 Å². The lowest BCUT2D eigenvalue weighted by Gasteiger charge is -2.15. The molecule has 0 spiro atoms. The molecule has 24 heavy (non-hydrogen) atoms. The fourth-order valence-electron chi connectivity index (χ4n) is 2.42. The Morgan fingerprint density at radius 1 is 1.08 bits per heavy atom. The Kier molecular flexibility index (Phi) is 4.37. The Labute approximate surface area is 147 Å². The predicted molar refractivity (Wildman–Crippen MR) is 87.8 cm³/mol. The maximum absolute atomic E-state index is 12.4. The van der Waals surface area contributed by atoms with Crippen LogP contribution in [0.2, 0.25) is 10.0 Å². The summed E-state index contributed by atoms with van der Waals surface area (Å²) in [6.45, 7) is 0.0373. The number of carbonyl (C=O) groups excluding carboxylic acids is 1. The van der Waals surface area contributed by atoms with Gasteiger partial charge in [0.1, 0.15) is 9.92 Å².